The molecule has 0 saturated heterocycles. The van der Waals surface area contributed by atoms with E-state index in [0.29, 0.717) is 6.54 Å². The quantitative estimate of drug-likeness (QED) is 0.766. The molecule has 2 aromatic carbocycles. The largest absolute Gasteiger partial charge is 0.497 e. The van der Waals surface area contributed by atoms with Crippen LogP contribution in [-0.2, 0) is 6.54 Å². The molecule has 102 valence electrons. The standard InChI is InChI=1S/C15H13ClN2OS/c1-19-11-5-2-4-10(8-11)9-17-15-18-13-7-3-6-12(16)14(13)20-15/h2-8H,9H2,1H3,(H,17,18). The van der Waals surface area contributed by atoms with Crippen molar-refractivity contribution in [3.8, 4) is 5.75 Å². The maximum atomic E-state index is 6.15. The van der Waals surface area contributed by atoms with Gasteiger partial charge in [0.1, 0.15) is 5.75 Å². The first-order valence-electron chi connectivity index (χ1n) is 6.18. The summed E-state index contributed by atoms with van der Waals surface area (Å²) in [6, 6.07) is 13.7. The first kappa shape index (κ1) is 13.2. The van der Waals surface area contributed by atoms with Crippen molar-refractivity contribution in [3.63, 3.8) is 0 Å². The summed E-state index contributed by atoms with van der Waals surface area (Å²) in [5, 5.41) is 4.94. The highest BCUT2D eigenvalue weighted by Gasteiger charge is 2.06. The Hall–Kier alpha value is -1.78. The zero-order chi connectivity index (χ0) is 13.9. The molecule has 0 spiro atoms. The van der Waals surface area contributed by atoms with Crippen molar-refractivity contribution in [3.05, 3.63) is 53.1 Å². The summed E-state index contributed by atoms with van der Waals surface area (Å²) in [6.07, 6.45) is 0. The number of ether oxygens (including phenoxy) is 1. The van der Waals surface area contributed by atoms with E-state index in [1.165, 1.54) is 0 Å². The van der Waals surface area contributed by atoms with Crippen molar-refractivity contribution in [2.45, 2.75) is 6.54 Å². The zero-order valence-corrected chi connectivity index (χ0v) is 12.5. The van der Waals surface area contributed by atoms with Gasteiger partial charge in [-0.2, -0.15) is 0 Å². The van der Waals surface area contributed by atoms with Gasteiger partial charge in [0.15, 0.2) is 5.13 Å². The van der Waals surface area contributed by atoms with E-state index in [9.17, 15) is 0 Å². The van der Waals surface area contributed by atoms with Gasteiger partial charge < -0.3 is 10.1 Å². The third-order valence-electron chi connectivity index (χ3n) is 2.94. The van der Waals surface area contributed by atoms with Crippen LogP contribution in [0.4, 0.5) is 5.13 Å². The molecular weight excluding hydrogens is 292 g/mol. The monoisotopic (exact) mass is 304 g/mol. The first-order chi connectivity index (χ1) is 9.76. The Labute approximate surface area is 126 Å². The number of nitrogens with one attached hydrogen (secondary N) is 1. The van der Waals surface area contributed by atoms with Crippen LogP contribution in [0.3, 0.4) is 0 Å². The van der Waals surface area contributed by atoms with Gasteiger partial charge in [-0.1, -0.05) is 41.1 Å². The predicted octanol–water partition coefficient (Wildman–Crippen LogP) is 4.57. The average molecular weight is 305 g/mol. The topological polar surface area (TPSA) is 34.1 Å². The lowest BCUT2D eigenvalue weighted by molar-refractivity contribution is 0.414. The number of benzene rings is 2. The van der Waals surface area contributed by atoms with Gasteiger partial charge in [-0.05, 0) is 29.8 Å². The summed E-state index contributed by atoms with van der Waals surface area (Å²) in [5.74, 6) is 0.858. The first-order valence-corrected chi connectivity index (χ1v) is 7.37. The number of hydrogen-bond acceptors (Lipinski definition) is 4. The fourth-order valence-electron chi connectivity index (χ4n) is 1.95. The van der Waals surface area contributed by atoms with Crippen molar-refractivity contribution in [2.75, 3.05) is 12.4 Å². The van der Waals surface area contributed by atoms with Crippen molar-refractivity contribution in [1.29, 1.82) is 0 Å². The van der Waals surface area contributed by atoms with E-state index in [0.717, 1.165) is 31.7 Å². The molecular formula is C15H13ClN2OS. The van der Waals surface area contributed by atoms with E-state index < -0.39 is 0 Å². The molecule has 1 aromatic heterocycles. The second kappa shape index (κ2) is 5.69. The van der Waals surface area contributed by atoms with Gasteiger partial charge in [-0.15, -0.1) is 0 Å². The molecule has 0 fully saturated rings. The van der Waals surface area contributed by atoms with E-state index in [-0.39, 0.29) is 0 Å². The van der Waals surface area contributed by atoms with Gasteiger partial charge in [-0.25, -0.2) is 4.98 Å². The van der Waals surface area contributed by atoms with Crippen LogP contribution < -0.4 is 10.1 Å². The average Bonchev–Trinajstić information content (AvgIpc) is 2.90. The number of rotatable bonds is 4. The summed E-state index contributed by atoms with van der Waals surface area (Å²) < 4.78 is 6.23. The molecule has 0 bridgehead atoms. The van der Waals surface area contributed by atoms with Crippen LogP contribution in [0, 0.1) is 0 Å². The fraction of sp³-hybridized carbons (Fsp3) is 0.133. The Kier molecular flexibility index (Phi) is 3.76. The molecule has 3 aromatic rings. The van der Waals surface area contributed by atoms with Gasteiger partial charge in [0.2, 0.25) is 0 Å². The van der Waals surface area contributed by atoms with Crippen LogP contribution in [0.1, 0.15) is 5.56 Å². The number of halogens is 1. The molecule has 5 heteroatoms. The van der Waals surface area contributed by atoms with Crippen LogP contribution in [0.2, 0.25) is 5.02 Å². The Balaban J connectivity index is 1.78. The van der Waals surface area contributed by atoms with Crippen molar-refractivity contribution in [2.24, 2.45) is 0 Å². The summed E-state index contributed by atoms with van der Waals surface area (Å²) >= 11 is 7.72. The summed E-state index contributed by atoms with van der Waals surface area (Å²) in [4.78, 5) is 4.52. The number of thiazole rings is 1. The second-order valence-corrected chi connectivity index (χ2v) is 5.72. The maximum Gasteiger partial charge on any atom is 0.184 e. The summed E-state index contributed by atoms with van der Waals surface area (Å²) in [5.41, 5.74) is 2.07. The van der Waals surface area contributed by atoms with Gasteiger partial charge >= 0.3 is 0 Å². The Morgan fingerprint density at radius 3 is 2.90 bits per heavy atom. The third kappa shape index (κ3) is 2.71. The smallest absolute Gasteiger partial charge is 0.184 e. The lowest BCUT2D eigenvalue weighted by atomic mass is 10.2. The van der Waals surface area contributed by atoms with E-state index >= 15 is 0 Å². The Bertz CT molecular complexity index is 742. The third-order valence-corrected chi connectivity index (χ3v) is 4.43. The predicted molar refractivity (Wildman–Crippen MR) is 85.0 cm³/mol. The molecule has 0 saturated carbocycles. The second-order valence-electron chi connectivity index (χ2n) is 4.31. The number of methoxy groups -OCH3 is 1. The molecule has 0 aliphatic carbocycles. The highest BCUT2D eigenvalue weighted by molar-refractivity contribution is 7.22. The minimum Gasteiger partial charge on any atom is -0.497 e. The highest BCUT2D eigenvalue weighted by atomic mass is 35.5. The van der Waals surface area contributed by atoms with Crippen LogP contribution in [-0.4, -0.2) is 12.1 Å². The molecule has 0 radical (unpaired) electrons. The van der Waals surface area contributed by atoms with Crippen LogP contribution >= 0.6 is 22.9 Å². The van der Waals surface area contributed by atoms with Crippen LogP contribution in [0.25, 0.3) is 10.2 Å². The summed E-state index contributed by atoms with van der Waals surface area (Å²) in [7, 11) is 1.67. The molecule has 20 heavy (non-hydrogen) atoms. The van der Waals surface area contributed by atoms with Crippen LogP contribution in [0.15, 0.2) is 42.5 Å². The van der Waals surface area contributed by atoms with Gasteiger partial charge in [0.05, 0.1) is 22.3 Å². The number of hydrogen-bond donors (Lipinski definition) is 1. The number of fused-ring (bicyclic) bond motifs is 1. The molecule has 0 unspecified atom stereocenters. The minimum absolute atomic E-state index is 0.703. The molecule has 1 heterocycles. The van der Waals surface area contributed by atoms with Crippen molar-refractivity contribution < 1.29 is 4.74 Å². The lowest BCUT2D eigenvalue weighted by Gasteiger charge is -2.05. The molecule has 3 nitrogen and oxygen atoms in total. The van der Waals surface area contributed by atoms with E-state index in [2.05, 4.69) is 16.4 Å². The number of nitrogens with zero attached hydrogens (tertiary/aromatic N) is 1. The van der Waals surface area contributed by atoms with E-state index in [1.807, 2.05) is 36.4 Å². The molecule has 0 aliphatic heterocycles. The van der Waals surface area contributed by atoms with Gasteiger partial charge in [-0.3, -0.25) is 0 Å². The molecule has 0 atom stereocenters. The molecule has 1 N–H and O–H groups in total. The fourth-order valence-corrected chi connectivity index (χ4v) is 3.10. The van der Waals surface area contributed by atoms with Gasteiger partial charge in [0, 0.05) is 6.54 Å². The van der Waals surface area contributed by atoms with E-state index in [1.54, 1.807) is 18.4 Å². The Morgan fingerprint density at radius 1 is 1.25 bits per heavy atom. The molecule has 0 amide bonds. The van der Waals surface area contributed by atoms with Crippen molar-refractivity contribution in [1.82, 2.24) is 4.98 Å². The van der Waals surface area contributed by atoms with Crippen LogP contribution in [0.5, 0.6) is 5.75 Å². The molecule has 3 rings (SSSR count). The van der Waals surface area contributed by atoms with E-state index in [4.69, 9.17) is 16.3 Å². The number of aromatic nitrogens is 1. The SMILES string of the molecule is COc1cccc(CNc2nc3cccc(Cl)c3s2)c1. The number of anilines is 1. The van der Waals surface area contributed by atoms with Crippen molar-refractivity contribution >= 4 is 38.3 Å². The Morgan fingerprint density at radius 2 is 2.10 bits per heavy atom. The normalized spacial score (nSPS) is 10.7. The zero-order valence-electron chi connectivity index (χ0n) is 10.9. The van der Waals surface area contributed by atoms with Gasteiger partial charge in [0.25, 0.3) is 0 Å². The summed E-state index contributed by atoms with van der Waals surface area (Å²) in [6.45, 7) is 0.703. The maximum absolute atomic E-state index is 6.15. The minimum atomic E-state index is 0.703. The molecule has 0 aliphatic rings. The highest BCUT2D eigenvalue weighted by Crippen LogP contribution is 2.31. The lowest BCUT2D eigenvalue weighted by Crippen LogP contribution is -1.98.